The van der Waals surface area contributed by atoms with Crippen molar-refractivity contribution in [2.24, 2.45) is 0 Å². The van der Waals surface area contributed by atoms with Crippen LogP contribution < -0.4 is 15.6 Å². The Bertz CT molecular complexity index is 1020. The number of sulfonamides is 1. The van der Waals surface area contributed by atoms with Crippen LogP contribution in [0.2, 0.25) is 0 Å². The number of hydrazine groups is 1. The number of fused-ring (bicyclic) bond motifs is 1. The second-order valence-corrected chi connectivity index (χ2v) is 8.94. The van der Waals surface area contributed by atoms with Crippen LogP contribution in [0.1, 0.15) is 28.8 Å². The molecule has 2 N–H and O–H groups in total. The first-order valence-electron chi connectivity index (χ1n) is 9.40. The van der Waals surface area contributed by atoms with E-state index in [1.807, 2.05) is 18.2 Å². The number of nitrogens with one attached hydrogen (secondary N) is 2. The first kappa shape index (κ1) is 19.4. The van der Waals surface area contributed by atoms with Crippen LogP contribution in [0, 0.1) is 0 Å². The Labute approximate surface area is 168 Å². The molecule has 0 unspecified atom stereocenters. The van der Waals surface area contributed by atoms with Crippen LogP contribution in [0.15, 0.2) is 53.4 Å². The van der Waals surface area contributed by atoms with Crippen LogP contribution in [0.5, 0.6) is 5.75 Å². The van der Waals surface area contributed by atoms with E-state index >= 15 is 0 Å². The average Bonchev–Trinajstić information content (AvgIpc) is 3.42. The highest BCUT2D eigenvalue weighted by molar-refractivity contribution is 7.89. The smallest absolute Gasteiger partial charge is 0.279 e. The van der Waals surface area contributed by atoms with E-state index in [2.05, 4.69) is 10.9 Å². The normalized spacial score (nSPS) is 18.7. The molecule has 0 saturated carbocycles. The van der Waals surface area contributed by atoms with Crippen molar-refractivity contribution >= 4 is 21.8 Å². The van der Waals surface area contributed by atoms with E-state index in [0.29, 0.717) is 25.3 Å². The van der Waals surface area contributed by atoms with Crippen LogP contribution in [0.3, 0.4) is 0 Å². The van der Waals surface area contributed by atoms with Crippen molar-refractivity contribution in [3.63, 3.8) is 0 Å². The number of para-hydroxylation sites is 1. The highest BCUT2D eigenvalue weighted by atomic mass is 32.2. The Hall–Kier alpha value is -2.91. The van der Waals surface area contributed by atoms with Crippen molar-refractivity contribution in [3.8, 4) is 5.75 Å². The second-order valence-electron chi connectivity index (χ2n) is 7.00. The van der Waals surface area contributed by atoms with Gasteiger partial charge in [-0.3, -0.25) is 20.4 Å². The molecule has 1 atom stereocenters. The first-order chi connectivity index (χ1) is 13.9. The summed E-state index contributed by atoms with van der Waals surface area (Å²) in [6.07, 6.45) is 1.35. The van der Waals surface area contributed by atoms with Gasteiger partial charge in [-0.1, -0.05) is 24.3 Å². The number of ether oxygens (including phenoxy) is 1. The number of benzene rings is 2. The fourth-order valence-electron chi connectivity index (χ4n) is 3.47. The third kappa shape index (κ3) is 3.96. The summed E-state index contributed by atoms with van der Waals surface area (Å²) in [6, 6.07) is 13.1. The zero-order chi connectivity index (χ0) is 20.4. The molecule has 0 radical (unpaired) electrons. The molecule has 2 amide bonds. The Balaban J connectivity index is 1.39. The topological polar surface area (TPSA) is 105 Å². The summed E-state index contributed by atoms with van der Waals surface area (Å²) in [5, 5.41) is 0. The van der Waals surface area contributed by atoms with Gasteiger partial charge in [-0.2, -0.15) is 4.31 Å². The number of carbonyl (C=O) groups excluding carboxylic acids is 2. The molecule has 29 heavy (non-hydrogen) atoms. The summed E-state index contributed by atoms with van der Waals surface area (Å²) >= 11 is 0. The molecule has 0 bridgehead atoms. The Morgan fingerprint density at radius 3 is 2.52 bits per heavy atom. The lowest BCUT2D eigenvalue weighted by Gasteiger charge is -2.16. The van der Waals surface area contributed by atoms with Gasteiger partial charge in [0.1, 0.15) is 5.75 Å². The Kier molecular flexibility index (Phi) is 5.25. The molecule has 2 aliphatic rings. The Morgan fingerprint density at radius 2 is 1.76 bits per heavy atom. The molecule has 9 heteroatoms. The van der Waals surface area contributed by atoms with Gasteiger partial charge in [0.2, 0.25) is 10.0 Å². The minimum Gasteiger partial charge on any atom is -0.480 e. The molecule has 0 spiro atoms. The van der Waals surface area contributed by atoms with Gasteiger partial charge in [0.15, 0.2) is 6.10 Å². The summed E-state index contributed by atoms with van der Waals surface area (Å²) in [4.78, 5) is 24.8. The molecule has 1 saturated heterocycles. The van der Waals surface area contributed by atoms with Gasteiger partial charge in [-0.25, -0.2) is 8.42 Å². The van der Waals surface area contributed by atoms with E-state index in [9.17, 15) is 18.0 Å². The van der Waals surface area contributed by atoms with Gasteiger partial charge < -0.3 is 4.74 Å². The number of amides is 2. The fourth-order valence-corrected chi connectivity index (χ4v) is 5.04. The molecule has 152 valence electrons. The molecule has 2 aromatic rings. The second kappa shape index (κ2) is 7.84. The van der Waals surface area contributed by atoms with E-state index < -0.39 is 27.9 Å². The van der Waals surface area contributed by atoms with Gasteiger partial charge in [-0.15, -0.1) is 0 Å². The molecule has 1 fully saturated rings. The highest BCUT2D eigenvalue weighted by Crippen LogP contribution is 2.28. The molecule has 2 aliphatic heterocycles. The van der Waals surface area contributed by atoms with Crippen LogP contribution in [-0.2, 0) is 21.2 Å². The molecule has 2 aromatic carbocycles. The fraction of sp³-hybridized carbons (Fsp3) is 0.300. The minimum absolute atomic E-state index is 0.0629. The molecule has 8 nitrogen and oxygen atoms in total. The maximum absolute atomic E-state index is 12.7. The van der Waals surface area contributed by atoms with Gasteiger partial charge in [-0.05, 0) is 42.7 Å². The number of rotatable bonds is 4. The van der Waals surface area contributed by atoms with Gasteiger partial charge in [0.25, 0.3) is 11.8 Å². The summed E-state index contributed by atoms with van der Waals surface area (Å²) in [5.74, 6) is -0.429. The zero-order valence-electron chi connectivity index (χ0n) is 15.6. The standard InChI is InChI=1S/C20H21N3O5S/c24-19(21-22-20(25)18-13-14-6-1-2-9-17(14)28-18)15-7-5-8-16(12-15)29(26,27)23-10-3-4-11-23/h1-2,5-9,12,18H,3-4,10-11,13H2,(H,21,24)(H,22,25)/t18-/m1/s1. The predicted molar refractivity (Wildman–Crippen MR) is 105 cm³/mol. The van der Waals surface area contributed by atoms with Gasteiger partial charge in [0.05, 0.1) is 4.90 Å². The van der Waals surface area contributed by atoms with Crippen LogP contribution >= 0.6 is 0 Å². The summed E-state index contributed by atoms with van der Waals surface area (Å²) < 4.78 is 32.3. The first-order valence-corrected chi connectivity index (χ1v) is 10.8. The third-order valence-electron chi connectivity index (χ3n) is 5.04. The van der Waals surface area contributed by atoms with Gasteiger partial charge >= 0.3 is 0 Å². The summed E-state index contributed by atoms with van der Waals surface area (Å²) in [7, 11) is -3.62. The largest absolute Gasteiger partial charge is 0.480 e. The number of carbonyl (C=O) groups is 2. The maximum Gasteiger partial charge on any atom is 0.279 e. The Morgan fingerprint density at radius 1 is 1.00 bits per heavy atom. The predicted octanol–water partition coefficient (Wildman–Crippen LogP) is 1.24. The highest BCUT2D eigenvalue weighted by Gasteiger charge is 2.30. The number of nitrogens with zero attached hydrogens (tertiary/aromatic N) is 1. The third-order valence-corrected chi connectivity index (χ3v) is 6.93. The summed E-state index contributed by atoms with van der Waals surface area (Å²) in [6.45, 7) is 0.969. The van der Waals surface area contributed by atoms with Crippen molar-refractivity contribution in [1.82, 2.24) is 15.2 Å². The van der Waals surface area contributed by atoms with Crippen molar-refractivity contribution in [2.75, 3.05) is 13.1 Å². The van der Waals surface area contributed by atoms with Crippen molar-refractivity contribution in [1.29, 1.82) is 0 Å². The van der Waals surface area contributed by atoms with Crippen molar-refractivity contribution < 1.29 is 22.7 Å². The summed E-state index contributed by atoms with van der Waals surface area (Å²) in [5.41, 5.74) is 5.74. The maximum atomic E-state index is 12.7. The van der Waals surface area contributed by atoms with E-state index in [0.717, 1.165) is 18.4 Å². The van der Waals surface area contributed by atoms with Crippen LogP contribution in [0.25, 0.3) is 0 Å². The lowest BCUT2D eigenvalue weighted by Crippen LogP contribution is -2.47. The van der Waals surface area contributed by atoms with Crippen LogP contribution in [0.4, 0.5) is 0 Å². The van der Waals surface area contributed by atoms with Gasteiger partial charge in [0, 0.05) is 25.1 Å². The van der Waals surface area contributed by atoms with E-state index in [4.69, 9.17) is 4.74 Å². The monoisotopic (exact) mass is 415 g/mol. The SMILES string of the molecule is O=C(NNC(=O)[C@H]1Cc2ccccc2O1)c1cccc(S(=O)(=O)N2CCCC2)c1. The lowest BCUT2D eigenvalue weighted by molar-refractivity contribution is -0.128. The molecular weight excluding hydrogens is 394 g/mol. The minimum atomic E-state index is -3.62. The number of hydrogen-bond acceptors (Lipinski definition) is 5. The van der Waals surface area contributed by atoms with E-state index in [1.165, 1.54) is 28.6 Å². The molecule has 0 aliphatic carbocycles. The van der Waals surface area contributed by atoms with Crippen LogP contribution in [-0.4, -0.2) is 43.7 Å². The number of hydrogen-bond donors (Lipinski definition) is 2. The quantitative estimate of drug-likeness (QED) is 0.731. The van der Waals surface area contributed by atoms with E-state index in [1.54, 1.807) is 6.07 Å². The molecule has 4 rings (SSSR count). The average molecular weight is 415 g/mol. The van der Waals surface area contributed by atoms with E-state index in [-0.39, 0.29) is 10.5 Å². The van der Waals surface area contributed by atoms with Crippen molar-refractivity contribution in [2.45, 2.75) is 30.3 Å². The molecular formula is C20H21N3O5S. The van der Waals surface area contributed by atoms with Crippen molar-refractivity contribution in [3.05, 3.63) is 59.7 Å². The zero-order valence-corrected chi connectivity index (χ0v) is 16.4. The lowest BCUT2D eigenvalue weighted by atomic mass is 10.1. The molecule has 0 aromatic heterocycles. The molecule has 2 heterocycles.